The lowest BCUT2D eigenvalue weighted by Crippen LogP contribution is -2.24. The Morgan fingerprint density at radius 1 is 0.889 bits per heavy atom. The number of anilines is 2. The Balaban J connectivity index is 1.66. The Labute approximate surface area is 156 Å². The predicted molar refractivity (Wildman–Crippen MR) is 101 cm³/mol. The summed E-state index contributed by atoms with van der Waals surface area (Å²) in [7, 11) is 0. The van der Waals surface area contributed by atoms with Gasteiger partial charge >= 0.3 is 5.97 Å². The maximum atomic E-state index is 12.4. The minimum absolute atomic E-state index is 0.00606. The van der Waals surface area contributed by atoms with Crippen LogP contribution in [0.25, 0.3) is 0 Å². The summed E-state index contributed by atoms with van der Waals surface area (Å²) in [4.78, 5) is 39.5. The zero-order valence-corrected chi connectivity index (χ0v) is 14.8. The number of hydrogen-bond acceptors (Lipinski definition) is 4. The van der Waals surface area contributed by atoms with Crippen LogP contribution in [-0.2, 0) is 4.79 Å². The van der Waals surface area contributed by atoms with Crippen LogP contribution in [0.2, 0.25) is 0 Å². The number of nitrogens with one attached hydrogen (secondary N) is 2. The normalized spacial score (nSPS) is 14.4. The minimum Gasteiger partial charge on any atom is -0.477 e. The number of pyridine rings is 1. The van der Waals surface area contributed by atoms with E-state index in [-0.39, 0.29) is 23.2 Å². The average Bonchev–Trinajstić information content (AvgIpc) is 2.69. The Hall–Kier alpha value is -3.22. The third kappa shape index (κ3) is 4.91. The predicted octanol–water partition coefficient (Wildman–Crippen LogP) is 3.55. The molecule has 1 saturated carbocycles. The maximum Gasteiger partial charge on any atom is 0.354 e. The Kier molecular flexibility index (Phi) is 5.80. The van der Waals surface area contributed by atoms with E-state index in [0.717, 1.165) is 25.7 Å². The van der Waals surface area contributed by atoms with Gasteiger partial charge in [-0.3, -0.25) is 9.59 Å². The first-order valence-corrected chi connectivity index (χ1v) is 8.95. The molecule has 0 atom stereocenters. The van der Waals surface area contributed by atoms with Crippen molar-refractivity contribution in [1.82, 2.24) is 4.98 Å². The molecule has 1 aromatic carbocycles. The highest BCUT2D eigenvalue weighted by molar-refractivity contribution is 6.04. The molecule has 0 bridgehead atoms. The molecule has 0 aliphatic heterocycles. The average molecular weight is 367 g/mol. The van der Waals surface area contributed by atoms with E-state index in [4.69, 9.17) is 5.11 Å². The molecule has 0 radical (unpaired) electrons. The van der Waals surface area contributed by atoms with Crippen LogP contribution in [0.5, 0.6) is 0 Å². The van der Waals surface area contributed by atoms with Gasteiger partial charge in [-0.1, -0.05) is 31.4 Å². The lowest BCUT2D eigenvalue weighted by Gasteiger charge is -2.20. The molecule has 0 unspecified atom stereocenters. The lowest BCUT2D eigenvalue weighted by atomic mass is 9.88. The van der Waals surface area contributed by atoms with Gasteiger partial charge in [0.2, 0.25) is 5.91 Å². The van der Waals surface area contributed by atoms with Gasteiger partial charge in [0.1, 0.15) is 11.4 Å². The maximum absolute atomic E-state index is 12.4. The van der Waals surface area contributed by atoms with E-state index in [1.54, 1.807) is 24.3 Å². The number of carbonyl (C=O) groups excluding carboxylic acids is 2. The molecule has 3 rings (SSSR count). The molecule has 2 aromatic rings. The molecule has 2 amide bonds. The fraction of sp³-hybridized carbons (Fsp3) is 0.300. The molecule has 1 aliphatic rings. The summed E-state index contributed by atoms with van der Waals surface area (Å²) in [6, 6.07) is 11.1. The van der Waals surface area contributed by atoms with Crippen molar-refractivity contribution in [3.63, 3.8) is 0 Å². The van der Waals surface area contributed by atoms with Crippen LogP contribution in [0.3, 0.4) is 0 Å². The molecular formula is C20H21N3O4. The molecule has 1 aliphatic carbocycles. The third-order valence-corrected chi connectivity index (χ3v) is 4.56. The molecule has 140 valence electrons. The fourth-order valence-corrected chi connectivity index (χ4v) is 3.16. The topological polar surface area (TPSA) is 108 Å². The molecule has 1 fully saturated rings. The first kappa shape index (κ1) is 18.6. The zero-order chi connectivity index (χ0) is 19.2. The van der Waals surface area contributed by atoms with Crippen molar-refractivity contribution in [2.24, 2.45) is 5.92 Å². The van der Waals surface area contributed by atoms with E-state index in [1.165, 1.54) is 24.6 Å². The van der Waals surface area contributed by atoms with Gasteiger partial charge in [0.25, 0.3) is 5.91 Å². The number of aromatic nitrogens is 1. The second-order valence-electron chi connectivity index (χ2n) is 6.57. The van der Waals surface area contributed by atoms with Crippen LogP contribution >= 0.6 is 0 Å². The molecule has 27 heavy (non-hydrogen) atoms. The Bertz CT molecular complexity index is 860. The molecular weight excluding hydrogens is 346 g/mol. The number of carboxylic acids is 1. The molecule has 7 nitrogen and oxygen atoms in total. The number of hydrogen-bond donors (Lipinski definition) is 3. The number of benzene rings is 1. The highest BCUT2D eigenvalue weighted by Gasteiger charge is 2.21. The highest BCUT2D eigenvalue weighted by Crippen LogP contribution is 2.25. The lowest BCUT2D eigenvalue weighted by molar-refractivity contribution is -0.120. The second kappa shape index (κ2) is 8.44. The van der Waals surface area contributed by atoms with Crippen LogP contribution in [0.1, 0.15) is 53.1 Å². The molecule has 3 N–H and O–H groups in total. The van der Waals surface area contributed by atoms with Crippen LogP contribution < -0.4 is 10.6 Å². The van der Waals surface area contributed by atoms with Crippen molar-refractivity contribution in [2.45, 2.75) is 32.1 Å². The molecule has 0 saturated heterocycles. The molecule has 1 aromatic heterocycles. The summed E-state index contributed by atoms with van der Waals surface area (Å²) in [6.07, 6.45) is 5.16. The van der Waals surface area contributed by atoms with Gasteiger partial charge in [0, 0.05) is 17.3 Å². The van der Waals surface area contributed by atoms with E-state index >= 15 is 0 Å². The summed E-state index contributed by atoms with van der Waals surface area (Å²) < 4.78 is 0. The summed E-state index contributed by atoms with van der Waals surface area (Å²) in [5.74, 6) is -1.67. The zero-order valence-electron chi connectivity index (χ0n) is 14.8. The largest absolute Gasteiger partial charge is 0.477 e. The number of rotatable bonds is 5. The van der Waals surface area contributed by atoms with Crippen molar-refractivity contribution in [3.8, 4) is 0 Å². The number of aromatic carboxylic acids is 1. The molecule has 1 heterocycles. The van der Waals surface area contributed by atoms with Crippen LogP contribution in [0.4, 0.5) is 11.4 Å². The van der Waals surface area contributed by atoms with Crippen LogP contribution in [0.15, 0.2) is 42.5 Å². The molecule has 7 heteroatoms. The fourth-order valence-electron chi connectivity index (χ4n) is 3.16. The molecule has 0 spiro atoms. The monoisotopic (exact) mass is 367 g/mol. The summed E-state index contributed by atoms with van der Waals surface area (Å²) >= 11 is 0. The number of carboxylic acid groups (broad SMARTS) is 1. The highest BCUT2D eigenvalue weighted by atomic mass is 16.4. The number of nitrogens with zero attached hydrogens (tertiary/aromatic N) is 1. The van der Waals surface area contributed by atoms with Gasteiger partial charge in [0.05, 0.1) is 0 Å². The van der Waals surface area contributed by atoms with Crippen LogP contribution in [0, 0.1) is 5.92 Å². The van der Waals surface area contributed by atoms with Crippen molar-refractivity contribution in [1.29, 1.82) is 0 Å². The van der Waals surface area contributed by atoms with E-state index in [1.807, 2.05) is 0 Å². The summed E-state index contributed by atoms with van der Waals surface area (Å²) in [5, 5.41) is 14.6. The van der Waals surface area contributed by atoms with Gasteiger partial charge in [-0.05, 0) is 43.2 Å². The van der Waals surface area contributed by atoms with Crippen LogP contribution in [-0.4, -0.2) is 27.9 Å². The van der Waals surface area contributed by atoms with Crippen molar-refractivity contribution in [3.05, 3.63) is 53.9 Å². The van der Waals surface area contributed by atoms with Gasteiger partial charge in [0.15, 0.2) is 0 Å². The van der Waals surface area contributed by atoms with Gasteiger partial charge < -0.3 is 15.7 Å². The van der Waals surface area contributed by atoms with E-state index < -0.39 is 11.9 Å². The minimum atomic E-state index is -1.20. The van der Waals surface area contributed by atoms with Crippen molar-refractivity contribution in [2.75, 3.05) is 10.6 Å². The first-order valence-electron chi connectivity index (χ1n) is 8.95. The Morgan fingerprint density at radius 3 is 2.22 bits per heavy atom. The van der Waals surface area contributed by atoms with Gasteiger partial charge in [-0.2, -0.15) is 0 Å². The number of carbonyl (C=O) groups is 3. The quantitative estimate of drug-likeness (QED) is 0.749. The van der Waals surface area contributed by atoms with Gasteiger partial charge in [-0.15, -0.1) is 0 Å². The SMILES string of the molecule is O=C(O)c1cccc(C(=O)Nc2cccc(NC(=O)C3CCCCC3)c2)n1. The van der Waals surface area contributed by atoms with Gasteiger partial charge in [-0.25, -0.2) is 9.78 Å². The number of amides is 2. The Morgan fingerprint density at radius 2 is 1.52 bits per heavy atom. The third-order valence-electron chi connectivity index (χ3n) is 4.56. The standard InChI is InChI=1S/C20H21N3O4/c24-18(13-6-2-1-3-7-13)21-14-8-4-9-15(12-14)22-19(25)16-10-5-11-17(23-16)20(26)27/h4-5,8-13H,1-3,6-7H2,(H,21,24)(H,22,25)(H,26,27). The summed E-state index contributed by atoms with van der Waals surface area (Å²) in [5.41, 5.74) is 0.905. The summed E-state index contributed by atoms with van der Waals surface area (Å²) in [6.45, 7) is 0. The smallest absolute Gasteiger partial charge is 0.354 e. The van der Waals surface area contributed by atoms with Crippen molar-refractivity contribution >= 4 is 29.2 Å². The van der Waals surface area contributed by atoms with E-state index in [2.05, 4.69) is 15.6 Å². The second-order valence-corrected chi connectivity index (χ2v) is 6.57. The first-order chi connectivity index (χ1) is 13.0. The van der Waals surface area contributed by atoms with Crippen molar-refractivity contribution < 1.29 is 19.5 Å². The van der Waals surface area contributed by atoms with E-state index in [9.17, 15) is 14.4 Å². The van der Waals surface area contributed by atoms with E-state index in [0.29, 0.717) is 11.4 Å².